The predicted molar refractivity (Wildman–Crippen MR) is 75.1 cm³/mol. The van der Waals surface area contributed by atoms with Crippen molar-refractivity contribution in [2.45, 2.75) is 11.8 Å². The summed E-state index contributed by atoms with van der Waals surface area (Å²) in [6.07, 6.45) is 0. The number of hydrogen-bond donors (Lipinski definition) is 2. The number of halogens is 1. The Labute approximate surface area is 116 Å². The van der Waals surface area contributed by atoms with Crippen molar-refractivity contribution in [1.29, 1.82) is 0 Å². The number of benzene rings is 2. The minimum atomic E-state index is -3.77. The van der Waals surface area contributed by atoms with E-state index in [1.165, 1.54) is 24.3 Å². The molecule has 0 saturated carbocycles. The van der Waals surface area contributed by atoms with E-state index in [1.54, 1.807) is 18.2 Å². The second-order valence-corrected chi connectivity index (χ2v) is 6.18. The normalized spacial score (nSPS) is 11.3. The minimum absolute atomic E-state index is 0.0239. The smallest absolute Gasteiger partial charge is 0.262 e. The highest BCUT2D eigenvalue weighted by Gasteiger charge is 2.16. The van der Waals surface area contributed by atoms with Gasteiger partial charge in [0.05, 0.1) is 15.6 Å². The number of hydrogen-bond acceptors (Lipinski definition) is 3. The summed E-state index contributed by atoms with van der Waals surface area (Å²) in [5, 5.41) is 9.64. The highest BCUT2D eigenvalue weighted by Crippen LogP contribution is 2.26. The predicted octanol–water partition coefficient (Wildman–Crippen LogP) is 3.15. The van der Waals surface area contributed by atoms with Gasteiger partial charge in [-0.3, -0.25) is 4.72 Å². The molecule has 6 heteroatoms. The zero-order valence-corrected chi connectivity index (χ0v) is 11.7. The van der Waals surface area contributed by atoms with E-state index in [9.17, 15) is 13.5 Å². The molecule has 2 N–H and O–H groups in total. The van der Waals surface area contributed by atoms with E-state index in [1.807, 2.05) is 6.92 Å². The number of aromatic hydroxyl groups is 1. The summed E-state index contributed by atoms with van der Waals surface area (Å²) in [6, 6.07) is 10.4. The monoisotopic (exact) mass is 297 g/mol. The zero-order chi connectivity index (χ0) is 14.0. The standard InChI is InChI=1S/C13H12ClNO3S/c1-9-5-6-13(12(14)7-9)15-19(17,18)11-4-2-3-10(16)8-11/h2-8,15-16H,1H3. The van der Waals surface area contributed by atoms with Gasteiger partial charge in [-0.1, -0.05) is 23.7 Å². The molecule has 2 rings (SSSR count). The summed E-state index contributed by atoms with van der Waals surface area (Å²) < 4.78 is 26.6. The van der Waals surface area contributed by atoms with Gasteiger partial charge in [0.1, 0.15) is 5.75 Å². The second-order valence-electron chi connectivity index (χ2n) is 4.09. The Morgan fingerprint density at radius 3 is 2.53 bits per heavy atom. The van der Waals surface area contributed by atoms with Crippen molar-refractivity contribution < 1.29 is 13.5 Å². The van der Waals surface area contributed by atoms with Crippen LogP contribution in [0.5, 0.6) is 5.75 Å². The lowest BCUT2D eigenvalue weighted by Gasteiger charge is -2.10. The van der Waals surface area contributed by atoms with E-state index in [2.05, 4.69) is 4.72 Å². The molecule has 0 aliphatic heterocycles. The van der Waals surface area contributed by atoms with E-state index in [0.717, 1.165) is 5.56 Å². The van der Waals surface area contributed by atoms with E-state index in [-0.39, 0.29) is 10.6 Å². The zero-order valence-electron chi connectivity index (χ0n) is 10.1. The molecule has 0 amide bonds. The van der Waals surface area contributed by atoms with Crippen LogP contribution in [0.15, 0.2) is 47.4 Å². The maximum Gasteiger partial charge on any atom is 0.262 e. The van der Waals surface area contributed by atoms with Crippen molar-refractivity contribution in [3.05, 3.63) is 53.1 Å². The molecule has 2 aromatic carbocycles. The first-order chi connectivity index (χ1) is 8.88. The van der Waals surface area contributed by atoms with Crippen LogP contribution in [-0.2, 0) is 10.0 Å². The molecule has 0 aliphatic carbocycles. The SMILES string of the molecule is Cc1ccc(NS(=O)(=O)c2cccc(O)c2)c(Cl)c1. The van der Waals surface area contributed by atoms with Crippen molar-refractivity contribution >= 4 is 27.3 Å². The Morgan fingerprint density at radius 1 is 1.16 bits per heavy atom. The van der Waals surface area contributed by atoms with Gasteiger partial charge in [0.15, 0.2) is 0 Å². The van der Waals surface area contributed by atoms with Gasteiger partial charge in [0, 0.05) is 6.07 Å². The van der Waals surface area contributed by atoms with E-state index >= 15 is 0 Å². The number of rotatable bonds is 3. The third-order valence-corrected chi connectivity index (χ3v) is 4.17. The Balaban J connectivity index is 2.36. The molecule has 0 bridgehead atoms. The van der Waals surface area contributed by atoms with Crippen molar-refractivity contribution in [3.8, 4) is 5.75 Å². The molecule has 0 aromatic heterocycles. The maximum atomic E-state index is 12.1. The minimum Gasteiger partial charge on any atom is -0.508 e. The van der Waals surface area contributed by atoms with Crippen molar-refractivity contribution in [3.63, 3.8) is 0 Å². The van der Waals surface area contributed by atoms with Crippen LogP contribution in [0.3, 0.4) is 0 Å². The Hall–Kier alpha value is -1.72. The Kier molecular flexibility index (Phi) is 3.68. The summed E-state index contributed by atoms with van der Waals surface area (Å²) >= 11 is 5.98. The fraction of sp³-hybridized carbons (Fsp3) is 0.0769. The molecule has 0 atom stereocenters. The molecular formula is C13H12ClNO3S. The van der Waals surface area contributed by atoms with Gasteiger partial charge in [0.2, 0.25) is 0 Å². The average Bonchev–Trinajstić information content (AvgIpc) is 2.33. The van der Waals surface area contributed by atoms with Crippen molar-refractivity contribution in [2.75, 3.05) is 4.72 Å². The molecule has 0 fully saturated rings. The number of phenols is 1. The molecule has 0 aliphatic rings. The Morgan fingerprint density at radius 2 is 1.89 bits per heavy atom. The second kappa shape index (κ2) is 5.11. The number of anilines is 1. The first-order valence-electron chi connectivity index (χ1n) is 5.46. The molecule has 0 saturated heterocycles. The van der Waals surface area contributed by atoms with Crippen molar-refractivity contribution in [1.82, 2.24) is 0 Å². The maximum absolute atomic E-state index is 12.1. The Bertz CT molecular complexity index is 714. The van der Waals surface area contributed by atoms with Gasteiger partial charge < -0.3 is 5.11 Å². The lowest BCUT2D eigenvalue weighted by molar-refractivity contribution is 0.473. The molecule has 0 unspecified atom stereocenters. The first-order valence-corrected chi connectivity index (χ1v) is 7.32. The highest BCUT2D eigenvalue weighted by molar-refractivity contribution is 7.92. The summed E-state index contributed by atoms with van der Waals surface area (Å²) in [4.78, 5) is -0.0239. The lowest BCUT2D eigenvalue weighted by atomic mass is 10.2. The number of aryl methyl sites for hydroxylation is 1. The largest absolute Gasteiger partial charge is 0.508 e. The molecule has 0 radical (unpaired) electrons. The van der Waals surface area contributed by atoms with Crippen LogP contribution in [0.25, 0.3) is 0 Å². The van der Waals surface area contributed by atoms with Crippen LogP contribution >= 0.6 is 11.6 Å². The lowest BCUT2D eigenvalue weighted by Crippen LogP contribution is -2.13. The van der Waals surface area contributed by atoms with Crippen LogP contribution in [0.2, 0.25) is 5.02 Å². The van der Waals surface area contributed by atoms with Crippen LogP contribution < -0.4 is 4.72 Å². The molecule has 4 nitrogen and oxygen atoms in total. The van der Waals surface area contributed by atoms with Crippen LogP contribution in [0.4, 0.5) is 5.69 Å². The summed E-state index contributed by atoms with van der Waals surface area (Å²) in [5.41, 5.74) is 1.24. The summed E-state index contributed by atoms with van der Waals surface area (Å²) in [7, 11) is -3.77. The molecule has 0 heterocycles. The molecular weight excluding hydrogens is 286 g/mol. The molecule has 2 aromatic rings. The highest BCUT2D eigenvalue weighted by atomic mass is 35.5. The topological polar surface area (TPSA) is 66.4 Å². The van der Waals surface area contributed by atoms with Gasteiger partial charge in [-0.25, -0.2) is 8.42 Å². The summed E-state index contributed by atoms with van der Waals surface area (Å²) in [6.45, 7) is 1.86. The molecule has 19 heavy (non-hydrogen) atoms. The number of nitrogens with one attached hydrogen (secondary N) is 1. The van der Waals surface area contributed by atoms with Crippen molar-refractivity contribution in [2.24, 2.45) is 0 Å². The van der Waals surface area contributed by atoms with Gasteiger partial charge in [-0.2, -0.15) is 0 Å². The molecule has 100 valence electrons. The fourth-order valence-electron chi connectivity index (χ4n) is 1.56. The van der Waals surface area contributed by atoms with Crippen LogP contribution in [-0.4, -0.2) is 13.5 Å². The van der Waals surface area contributed by atoms with Gasteiger partial charge >= 0.3 is 0 Å². The first kappa shape index (κ1) is 13.7. The van der Waals surface area contributed by atoms with E-state index in [4.69, 9.17) is 11.6 Å². The van der Waals surface area contributed by atoms with Crippen LogP contribution in [0, 0.1) is 6.92 Å². The average molecular weight is 298 g/mol. The number of phenolic OH excluding ortho intramolecular Hbond substituents is 1. The van der Waals surface area contributed by atoms with Gasteiger partial charge in [0.25, 0.3) is 10.0 Å². The third kappa shape index (κ3) is 3.19. The molecule has 0 spiro atoms. The van der Waals surface area contributed by atoms with E-state index in [0.29, 0.717) is 10.7 Å². The van der Waals surface area contributed by atoms with E-state index < -0.39 is 10.0 Å². The third-order valence-electron chi connectivity index (χ3n) is 2.50. The number of sulfonamides is 1. The fourth-order valence-corrected chi connectivity index (χ4v) is 3.01. The quantitative estimate of drug-likeness (QED) is 0.914. The van der Waals surface area contributed by atoms with Gasteiger partial charge in [-0.05, 0) is 36.8 Å². The summed E-state index contributed by atoms with van der Waals surface area (Å²) in [5.74, 6) is -0.113. The van der Waals surface area contributed by atoms with Crippen LogP contribution in [0.1, 0.15) is 5.56 Å². The van der Waals surface area contributed by atoms with Gasteiger partial charge in [-0.15, -0.1) is 0 Å².